The van der Waals surface area contributed by atoms with Crippen molar-refractivity contribution in [3.05, 3.63) is 42.0 Å². The van der Waals surface area contributed by atoms with Crippen LogP contribution in [0.3, 0.4) is 0 Å². The Hall–Kier alpha value is -1.32. The predicted molar refractivity (Wildman–Crippen MR) is 74.9 cm³/mol. The average molecular weight is 233 g/mol. The summed E-state index contributed by atoms with van der Waals surface area (Å²) in [4.78, 5) is 2.08. The molecule has 0 aliphatic rings. The number of benzene rings is 1. The van der Waals surface area contributed by atoms with Crippen LogP contribution < -0.4 is 16.2 Å². The lowest BCUT2D eigenvalue weighted by atomic mass is 9.99. The molecule has 3 N–H and O–H groups in total. The fraction of sp³-hybridized carbons (Fsp3) is 0.429. The third-order valence-electron chi connectivity index (χ3n) is 3.01. The van der Waals surface area contributed by atoms with Crippen molar-refractivity contribution in [1.29, 1.82) is 0 Å². The predicted octanol–water partition coefficient (Wildman–Crippen LogP) is 2.61. The smallest absolute Gasteiger partial charge is 0.0496 e. The molecular weight excluding hydrogens is 210 g/mol. The standard InChI is InChI=1S/C14H23N3/c1-5-11(2)10-14(16-15)12-6-8-13(9-7-12)17(3)4/h6-9,14,16H,2,5,10,15H2,1,3-4H3. The number of nitrogens with zero attached hydrogens (tertiary/aromatic N) is 1. The van der Waals surface area contributed by atoms with Gasteiger partial charge in [0, 0.05) is 25.8 Å². The van der Waals surface area contributed by atoms with Gasteiger partial charge in [0.05, 0.1) is 0 Å². The molecule has 0 spiro atoms. The summed E-state index contributed by atoms with van der Waals surface area (Å²) < 4.78 is 0. The molecule has 0 fully saturated rings. The maximum atomic E-state index is 5.60. The molecule has 3 heteroatoms. The molecule has 0 amide bonds. The van der Waals surface area contributed by atoms with E-state index >= 15 is 0 Å². The van der Waals surface area contributed by atoms with Crippen LogP contribution in [0, 0.1) is 0 Å². The van der Waals surface area contributed by atoms with Gasteiger partial charge in [0.2, 0.25) is 0 Å². The molecule has 0 saturated heterocycles. The van der Waals surface area contributed by atoms with Crippen molar-refractivity contribution in [3.8, 4) is 0 Å². The fourth-order valence-electron chi connectivity index (χ4n) is 1.71. The Bertz CT molecular complexity index is 354. The molecule has 1 unspecified atom stereocenters. The van der Waals surface area contributed by atoms with Crippen molar-refractivity contribution >= 4 is 5.69 Å². The van der Waals surface area contributed by atoms with Crippen LogP contribution in [-0.2, 0) is 0 Å². The lowest BCUT2D eigenvalue weighted by Crippen LogP contribution is -2.28. The third-order valence-corrected chi connectivity index (χ3v) is 3.01. The van der Waals surface area contributed by atoms with Crippen LogP contribution in [0.2, 0.25) is 0 Å². The fourth-order valence-corrected chi connectivity index (χ4v) is 1.71. The molecular formula is C14H23N3. The largest absolute Gasteiger partial charge is 0.378 e. The molecule has 1 atom stereocenters. The first-order chi connectivity index (χ1) is 8.08. The molecule has 3 nitrogen and oxygen atoms in total. The van der Waals surface area contributed by atoms with Gasteiger partial charge in [-0.25, -0.2) is 0 Å². The zero-order valence-corrected chi connectivity index (χ0v) is 11.0. The summed E-state index contributed by atoms with van der Waals surface area (Å²) in [5.74, 6) is 5.60. The molecule has 1 aromatic rings. The van der Waals surface area contributed by atoms with Gasteiger partial charge in [-0.15, -0.1) is 0 Å². The van der Waals surface area contributed by atoms with Gasteiger partial charge in [-0.3, -0.25) is 11.3 Å². The number of anilines is 1. The highest BCUT2D eigenvalue weighted by Gasteiger charge is 2.10. The zero-order valence-electron chi connectivity index (χ0n) is 11.0. The molecule has 0 bridgehead atoms. The lowest BCUT2D eigenvalue weighted by molar-refractivity contribution is 0.545. The second-order valence-corrected chi connectivity index (χ2v) is 4.51. The first-order valence-electron chi connectivity index (χ1n) is 5.98. The van der Waals surface area contributed by atoms with Crippen molar-refractivity contribution in [2.75, 3.05) is 19.0 Å². The summed E-state index contributed by atoms with van der Waals surface area (Å²) in [7, 11) is 4.07. The SMILES string of the molecule is C=C(CC)CC(NN)c1ccc(N(C)C)cc1. The van der Waals surface area contributed by atoms with Crippen LogP contribution in [-0.4, -0.2) is 14.1 Å². The van der Waals surface area contributed by atoms with Gasteiger partial charge >= 0.3 is 0 Å². The Morgan fingerprint density at radius 1 is 1.35 bits per heavy atom. The van der Waals surface area contributed by atoms with Crippen LogP contribution in [0.25, 0.3) is 0 Å². The molecule has 94 valence electrons. The van der Waals surface area contributed by atoms with E-state index in [1.54, 1.807) is 0 Å². The summed E-state index contributed by atoms with van der Waals surface area (Å²) in [6.07, 6.45) is 1.88. The van der Waals surface area contributed by atoms with E-state index < -0.39 is 0 Å². The molecule has 17 heavy (non-hydrogen) atoms. The van der Waals surface area contributed by atoms with Crippen LogP contribution in [0.15, 0.2) is 36.4 Å². The Morgan fingerprint density at radius 3 is 2.35 bits per heavy atom. The Morgan fingerprint density at radius 2 is 1.94 bits per heavy atom. The first-order valence-corrected chi connectivity index (χ1v) is 5.98. The van der Waals surface area contributed by atoms with E-state index in [-0.39, 0.29) is 6.04 Å². The number of hydrogen-bond donors (Lipinski definition) is 2. The van der Waals surface area contributed by atoms with Crippen LogP contribution >= 0.6 is 0 Å². The number of hydrazine groups is 1. The van der Waals surface area contributed by atoms with Crippen molar-refractivity contribution < 1.29 is 0 Å². The van der Waals surface area contributed by atoms with Crippen LogP contribution in [0.4, 0.5) is 5.69 Å². The van der Waals surface area contributed by atoms with Crippen molar-refractivity contribution in [1.82, 2.24) is 5.43 Å². The minimum absolute atomic E-state index is 0.152. The van der Waals surface area contributed by atoms with E-state index in [0.29, 0.717) is 0 Å². The Labute approximate surface area is 104 Å². The summed E-state index contributed by atoms with van der Waals surface area (Å²) in [6.45, 7) is 6.14. The first kappa shape index (κ1) is 13.7. The summed E-state index contributed by atoms with van der Waals surface area (Å²) in [5, 5.41) is 0. The molecule has 1 aromatic carbocycles. The molecule has 0 aliphatic heterocycles. The van der Waals surface area contributed by atoms with E-state index in [9.17, 15) is 0 Å². The number of hydrogen-bond acceptors (Lipinski definition) is 3. The van der Waals surface area contributed by atoms with Gasteiger partial charge in [-0.1, -0.05) is 31.2 Å². The van der Waals surface area contributed by atoms with Gasteiger partial charge < -0.3 is 4.90 Å². The van der Waals surface area contributed by atoms with Crippen molar-refractivity contribution in [2.45, 2.75) is 25.8 Å². The average Bonchev–Trinajstić information content (AvgIpc) is 2.35. The highest BCUT2D eigenvalue weighted by atomic mass is 15.2. The molecule has 0 aromatic heterocycles. The van der Waals surface area contributed by atoms with Gasteiger partial charge in [0.25, 0.3) is 0 Å². The molecule has 0 radical (unpaired) electrons. The summed E-state index contributed by atoms with van der Waals surface area (Å²) >= 11 is 0. The monoisotopic (exact) mass is 233 g/mol. The lowest BCUT2D eigenvalue weighted by Gasteiger charge is -2.19. The van der Waals surface area contributed by atoms with Crippen molar-refractivity contribution in [3.63, 3.8) is 0 Å². The van der Waals surface area contributed by atoms with Crippen molar-refractivity contribution in [2.24, 2.45) is 5.84 Å². The zero-order chi connectivity index (χ0) is 12.8. The number of rotatable bonds is 6. The topological polar surface area (TPSA) is 41.3 Å². The maximum absolute atomic E-state index is 5.60. The van der Waals surface area contributed by atoms with E-state index in [1.807, 2.05) is 14.1 Å². The van der Waals surface area contributed by atoms with E-state index in [4.69, 9.17) is 5.84 Å². The molecule has 1 rings (SSSR count). The van der Waals surface area contributed by atoms with Crippen LogP contribution in [0.5, 0.6) is 0 Å². The molecule has 0 heterocycles. The van der Waals surface area contributed by atoms with Gasteiger partial charge in [0.1, 0.15) is 0 Å². The Balaban J connectivity index is 2.78. The van der Waals surface area contributed by atoms with Gasteiger partial charge in [-0.2, -0.15) is 0 Å². The number of nitrogens with one attached hydrogen (secondary N) is 1. The molecule has 0 saturated carbocycles. The van der Waals surface area contributed by atoms with Crippen LogP contribution in [0.1, 0.15) is 31.4 Å². The van der Waals surface area contributed by atoms with Gasteiger partial charge in [0.15, 0.2) is 0 Å². The second kappa shape index (κ2) is 6.42. The van der Waals surface area contributed by atoms with E-state index in [0.717, 1.165) is 12.8 Å². The minimum Gasteiger partial charge on any atom is -0.378 e. The molecule has 0 aliphatic carbocycles. The van der Waals surface area contributed by atoms with E-state index in [1.165, 1.54) is 16.8 Å². The summed E-state index contributed by atoms with van der Waals surface area (Å²) in [6, 6.07) is 8.59. The summed E-state index contributed by atoms with van der Waals surface area (Å²) in [5.41, 5.74) is 6.47. The minimum atomic E-state index is 0.152. The maximum Gasteiger partial charge on any atom is 0.0496 e. The quantitative estimate of drug-likeness (QED) is 0.451. The highest BCUT2D eigenvalue weighted by molar-refractivity contribution is 5.46. The second-order valence-electron chi connectivity index (χ2n) is 4.51. The van der Waals surface area contributed by atoms with Gasteiger partial charge in [-0.05, 0) is 30.5 Å². The van der Waals surface area contributed by atoms with E-state index in [2.05, 4.69) is 48.1 Å². The number of nitrogens with two attached hydrogens (primary N) is 1. The normalized spacial score (nSPS) is 12.2. The third kappa shape index (κ3) is 3.88. The Kier molecular flexibility index (Phi) is 5.19. The highest BCUT2D eigenvalue weighted by Crippen LogP contribution is 2.23.